The molecule has 6 heteroatoms. The lowest BCUT2D eigenvalue weighted by Crippen LogP contribution is -2.54. The summed E-state index contributed by atoms with van der Waals surface area (Å²) in [5.41, 5.74) is 1.58. The molecule has 1 aliphatic rings. The number of aliphatic hydroxyl groups excluding tert-OH is 1. The molecule has 1 atom stereocenters. The molecule has 2 aromatic heterocycles. The highest BCUT2D eigenvalue weighted by molar-refractivity contribution is 7.22. The zero-order chi connectivity index (χ0) is 18.1. The van der Waals surface area contributed by atoms with E-state index in [0.717, 1.165) is 47.9 Å². The van der Waals surface area contributed by atoms with E-state index in [-0.39, 0.29) is 5.91 Å². The molecule has 1 unspecified atom stereocenters. The van der Waals surface area contributed by atoms with Gasteiger partial charge in [0, 0.05) is 0 Å². The average molecular weight is 389 g/mol. The van der Waals surface area contributed by atoms with Crippen LogP contribution in [0.2, 0.25) is 4.34 Å². The zero-order valence-corrected chi connectivity index (χ0v) is 15.9. The molecule has 0 bridgehead atoms. The monoisotopic (exact) mass is 388 g/mol. The van der Waals surface area contributed by atoms with Gasteiger partial charge >= 0.3 is 0 Å². The number of fused-ring (bicyclic) bond motifs is 1. The molecular weight excluding hydrogens is 368 g/mol. The number of carbonyl (C=O) groups excluding carboxylic acids is 1. The Bertz CT molecular complexity index is 881. The number of aromatic nitrogens is 1. The minimum atomic E-state index is -0.724. The Kier molecular flexibility index (Phi) is 4.78. The molecule has 1 fully saturated rings. The summed E-state index contributed by atoms with van der Waals surface area (Å²) in [5, 5.41) is 14.3. The van der Waals surface area contributed by atoms with Crippen molar-refractivity contribution in [3.63, 3.8) is 0 Å². The molecule has 1 aromatic carbocycles. The van der Waals surface area contributed by atoms with Gasteiger partial charge in [-0.25, -0.2) is 0 Å². The maximum Gasteiger partial charge on any atom is 0.268 e. The molecule has 1 aliphatic carbocycles. The first-order chi connectivity index (χ1) is 12.6. The van der Waals surface area contributed by atoms with Crippen LogP contribution in [0.4, 0.5) is 0 Å². The predicted molar refractivity (Wildman–Crippen MR) is 106 cm³/mol. The van der Waals surface area contributed by atoms with Gasteiger partial charge < -0.3 is 15.4 Å². The molecule has 4 rings (SSSR count). The summed E-state index contributed by atoms with van der Waals surface area (Å²) in [7, 11) is 0. The lowest BCUT2D eigenvalue weighted by atomic mass is 9.75. The van der Waals surface area contributed by atoms with E-state index in [2.05, 4.69) is 10.3 Å². The second kappa shape index (κ2) is 7.06. The number of amides is 1. The third-order valence-electron chi connectivity index (χ3n) is 5.27. The first-order valence-electron chi connectivity index (χ1n) is 8.91. The molecule has 0 aliphatic heterocycles. The highest BCUT2D eigenvalue weighted by Gasteiger charge is 2.41. The van der Waals surface area contributed by atoms with Crippen molar-refractivity contribution in [2.24, 2.45) is 0 Å². The molecule has 26 heavy (non-hydrogen) atoms. The highest BCUT2D eigenvalue weighted by atomic mass is 35.5. The SMILES string of the molecule is O=C(NC1(C(O)c2ccccc2)CCCCC1)c1cc2sc(Cl)cc2[nH]1. The number of hydrogen-bond donors (Lipinski definition) is 3. The van der Waals surface area contributed by atoms with E-state index in [9.17, 15) is 9.90 Å². The minimum absolute atomic E-state index is 0.179. The molecular formula is C20H21ClN2O2S. The Labute approximate surface area is 161 Å². The fourth-order valence-corrected chi connectivity index (χ4v) is 5.05. The maximum absolute atomic E-state index is 12.9. The van der Waals surface area contributed by atoms with E-state index >= 15 is 0 Å². The molecule has 0 radical (unpaired) electrons. The van der Waals surface area contributed by atoms with Gasteiger partial charge in [-0.2, -0.15) is 0 Å². The van der Waals surface area contributed by atoms with Gasteiger partial charge in [-0.15, -0.1) is 11.3 Å². The van der Waals surface area contributed by atoms with Gasteiger partial charge in [-0.05, 0) is 30.5 Å². The van der Waals surface area contributed by atoms with Gasteiger partial charge in [0.1, 0.15) is 11.8 Å². The van der Waals surface area contributed by atoms with E-state index in [1.807, 2.05) is 42.5 Å². The fraction of sp³-hybridized carbons (Fsp3) is 0.350. The first kappa shape index (κ1) is 17.6. The highest BCUT2D eigenvalue weighted by Crippen LogP contribution is 2.39. The molecule has 2 heterocycles. The summed E-state index contributed by atoms with van der Waals surface area (Å²) in [6.45, 7) is 0. The molecule has 3 N–H and O–H groups in total. The van der Waals surface area contributed by atoms with Gasteiger partial charge in [0.05, 0.1) is 20.1 Å². The average Bonchev–Trinajstić information content (AvgIpc) is 3.20. The van der Waals surface area contributed by atoms with Crippen molar-refractivity contribution in [1.82, 2.24) is 10.3 Å². The largest absolute Gasteiger partial charge is 0.386 e. The van der Waals surface area contributed by atoms with Crippen LogP contribution in [0, 0.1) is 0 Å². The minimum Gasteiger partial charge on any atom is -0.386 e. The maximum atomic E-state index is 12.9. The fourth-order valence-electron chi connectivity index (χ4n) is 3.91. The van der Waals surface area contributed by atoms with Crippen LogP contribution in [0.15, 0.2) is 42.5 Å². The molecule has 1 saturated carbocycles. The topological polar surface area (TPSA) is 65.1 Å². The first-order valence-corrected chi connectivity index (χ1v) is 10.1. The van der Waals surface area contributed by atoms with Crippen LogP contribution in [0.1, 0.15) is 54.3 Å². The number of aromatic amines is 1. The van der Waals surface area contributed by atoms with E-state index in [0.29, 0.717) is 10.0 Å². The summed E-state index contributed by atoms with van der Waals surface area (Å²) >= 11 is 7.45. The van der Waals surface area contributed by atoms with Crippen LogP contribution < -0.4 is 5.32 Å². The number of thiophene rings is 1. The smallest absolute Gasteiger partial charge is 0.268 e. The number of rotatable bonds is 4. The number of halogens is 1. The standard InChI is InChI=1S/C20H21ClN2O2S/c21-17-12-14-16(26-17)11-15(22-14)19(25)23-20(9-5-2-6-10-20)18(24)13-7-3-1-4-8-13/h1,3-4,7-8,11-12,18,22,24H,2,5-6,9-10H2,(H,23,25). The summed E-state index contributed by atoms with van der Waals surface area (Å²) in [4.78, 5) is 16.1. The molecule has 4 nitrogen and oxygen atoms in total. The molecule has 0 spiro atoms. The number of carbonyl (C=O) groups is 1. The van der Waals surface area contributed by atoms with Crippen molar-refractivity contribution in [1.29, 1.82) is 0 Å². The van der Waals surface area contributed by atoms with E-state index in [1.54, 1.807) is 0 Å². The van der Waals surface area contributed by atoms with Gasteiger partial charge in [-0.3, -0.25) is 4.79 Å². The summed E-state index contributed by atoms with van der Waals surface area (Å²) < 4.78 is 1.66. The molecule has 3 aromatic rings. The van der Waals surface area contributed by atoms with Crippen LogP contribution >= 0.6 is 22.9 Å². The second-order valence-corrected chi connectivity index (χ2v) is 8.71. The number of H-pyrrole nitrogens is 1. The molecule has 136 valence electrons. The quantitative estimate of drug-likeness (QED) is 0.585. The lowest BCUT2D eigenvalue weighted by Gasteiger charge is -2.42. The van der Waals surface area contributed by atoms with Crippen LogP contribution in [-0.4, -0.2) is 21.5 Å². The number of hydrogen-bond acceptors (Lipinski definition) is 3. The third kappa shape index (κ3) is 3.27. The van der Waals surface area contributed by atoms with Gasteiger partial charge in [0.25, 0.3) is 5.91 Å². The second-order valence-electron chi connectivity index (χ2n) is 7.00. The van der Waals surface area contributed by atoms with Crippen molar-refractivity contribution < 1.29 is 9.90 Å². The molecule has 0 saturated heterocycles. The van der Waals surface area contributed by atoms with Gasteiger partial charge in [-0.1, -0.05) is 61.2 Å². The Hall–Kier alpha value is -1.82. The molecule has 1 amide bonds. The Morgan fingerprint density at radius 3 is 2.62 bits per heavy atom. The Balaban J connectivity index is 1.61. The zero-order valence-electron chi connectivity index (χ0n) is 14.3. The van der Waals surface area contributed by atoms with Crippen molar-refractivity contribution >= 4 is 39.1 Å². The normalized spacial score (nSPS) is 17.9. The van der Waals surface area contributed by atoms with Gasteiger partial charge in [0.2, 0.25) is 0 Å². The lowest BCUT2D eigenvalue weighted by molar-refractivity contribution is 0.0291. The van der Waals surface area contributed by atoms with E-state index < -0.39 is 11.6 Å². The van der Waals surface area contributed by atoms with Crippen molar-refractivity contribution in [2.45, 2.75) is 43.7 Å². The van der Waals surface area contributed by atoms with E-state index in [4.69, 9.17) is 11.6 Å². The van der Waals surface area contributed by atoms with Crippen LogP contribution in [0.5, 0.6) is 0 Å². The number of aliphatic hydroxyl groups is 1. The van der Waals surface area contributed by atoms with Crippen LogP contribution in [-0.2, 0) is 0 Å². The van der Waals surface area contributed by atoms with Crippen molar-refractivity contribution in [3.05, 3.63) is 58.1 Å². The predicted octanol–water partition coefficient (Wildman–Crippen LogP) is 5.05. The summed E-state index contributed by atoms with van der Waals surface area (Å²) in [6, 6.07) is 13.2. The summed E-state index contributed by atoms with van der Waals surface area (Å²) in [6.07, 6.45) is 3.96. The van der Waals surface area contributed by atoms with Crippen LogP contribution in [0.3, 0.4) is 0 Å². The van der Waals surface area contributed by atoms with Crippen LogP contribution in [0.25, 0.3) is 10.2 Å². The number of nitrogens with one attached hydrogen (secondary N) is 2. The third-order valence-corrected chi connectivity index (χ3v) is 6.48. The van der Waals surface area contributed by atoms with Crippen molar-refractivity contribution in [3.8, 4) is 0 Å². The van der Waals surface area contributed by atoms with Crippen molar-refractivity contribution in [2.75, 3.05) is 0 Å². The van der Waals surface area contributed by atoms with Gasteiger partial charge in [0.15, 0.2) is 0 Å². The Morgan fingerprint density at radius 2 is 1.92 bits per heavy atom. The Morgan fingerprint density at radius 1 is 1.19 bits per heavy atom. The van der Waals surface area contributed by atoms with E-state index in [1.165, 1.54) is 11.3 Å². The number of benzene rings is 1. The summed E-state index contributed by atoms with van der Waals surface area (Å²) in [5.74, 6) is -0.179.